The van der Waals surface area contributed by atoms with E-state index in [-0.39, 0.29) is 5.84 Å². The van der Waals surface area contributed by atoms with Crippen LogP contribution in [-0.2, 0) is 0 Å². The fourth-order valence-electron chi connectivity index (χ4n) is 1.34. The highest BCUT2D eigenvalue weighted by Gasteiger charge is 2.00. The first-order valence-electron chi connectivity index (χ1n) is 5.29. The van der Waals surface area contributed by atoms with E-state index in [1.54, 1.807) is 0 Å². The number of hydrogen-bond acceptors (Lipinski definition) is 3. The van der Waals surface area contributed by atoms with Crippen molar-refractivity contribution in [2.45, 2.75) is 19.3 Å². The normalized spacial score (nSPS) is 11.5. The summed E-state index contributed by atoms with van der Waals surface area (Å²) in [5.41, 5.74) is 6.38. The summed E-state index contributed by atoms with van der Waals surface area (Å²) >= 11 is 9.27. The van der Waals surface area contributed by atoms with Crippen LogP contribution in [0.1, 0.15) is 19.3 Å². The van der Waals surface area contributed by atoms with Gasteiger partial charge in [0.1, 0.15) is 5.84 Å². The van der Waals surface area contributed by atoms with Gasteiger partial charge in [0.25, 0.3) is 0 Å². The SMILES string of the molecule is N/C(CCCCNc1ccc(Cl)cc1Br)=N/O. The second-order valence-corrected chi connectivity index (χ2v) is 4.89. The summed E-state index contributed by atoms with van der Waals surface area (Å²) in [5.74, 6) is 0.276. The van der Waals surface area contributed by atoms with Crippen molar-refractivity contribution in [1.29, 1.82) is 0 Å². The summed E-state index contributed by atoms with van der Waals surface area (Å²) in [4.78, 5) is 0. The van der Waals surface area contributed by atoms with Gasteiger partial charge in [0, 0.05) is 28.1 Å². The van der Waals surface area contributed by atoms with Crippen LogP contribution in [-0.4, -0.2) is 17.6 Å². The quantitative estimate of drug-likeness (QED) is 0.247. The zero-order chi connectivity index (χ0) is 12.7. The highest BCUT2D eigenvalue weighted by molar-refractivity contribution is 9.10. The average Bonchev–Trinajstić information content (AvgIpc) is 2.30. The largest absolute Gasteiger partial charge is 0.409 e. The van der Waals surface area contributed by atoms with E-state index >= 15 is 0 Å². The molecule has 1 aromatic rings. The smallest absolute Gasteiger partial charge is 0.139 e. The third-order valence-corrected chi connectivity index (χ3v) is 3.13. The van der Waals surface area contributed by atoms with Gasteiger partial charge in [-0.2, -0.15) is 0 Å². The number of nitrogens with one attached hydrogen (secondary N) is 1. The molecule has 0 saturated carbocycles. The van der Waals surface area contributed by atoms with Crippen molar-refractivity contribution < 1.29 is 5.21 Å². The summed E-state index contributed by atoms with van der Waals surface area (Å²) in [5, 5.41) is 15.3. The lowest BCUT2D eigenvalue weighted by atomic mass is 10.2. The van der Waals surface area contributed by atoms with Crippen molar-refractivity contribution in [3.05, 3.63) is 27.7 Å². The number of oxime groups is 1. The fourth-order valence-corrected chi connectivity index (χ4v) is 2.16. The van der Waals surface area contributed by atoms with Crippen LogP contribution in [0.15, 0.2) is 27.8 Å². The minimum absolute atomic E-state index is 0.276. The molecule has 4 N–H and O–H groups in total. The van der Waals surface area contributed by atoms with Crippen LogP contribution in [0.5, 0.6) is 0 Å². The molecule has 4 nitrogen and oxygen atoms in total. The number of halogens is 2. The van der Waals surface area contributed by atoms with E-state index in [1.165, 1.54) is 0 Å². The number of amidine groups is 1. The van der Waals surface area contributed by atoms with Crippen LogP contribution < -0.4 is 11.1 Å². The molecule has 0 saturated heterocycles. The maximum atomic E-state index is 8.36. The summed E-state index contributed by atoms with van der Waals surface area (Å²) < 4.78 is 0.946. The van der Waals surface area contributed by atoms with Crippen molar-refractivity contribution in [2.24, 2.45) is 10.9 Å². The first kappa shape index (κ1) is 14.1. The molecule has 0 radical (unpaired) electrons. The number of benzene rings is 1. The molecule has 0 fully saturated rings. The highest BCUT2D eigenvalue weighted by Crippen LogP contribution is 2.25. The Hall–Kier alpha value is -0.940. The number of anilines is 1. The Kier molecular flexibility index (Phi) is 6.15. The topological polar surface area (TPSA) is 70.6 Å². The van der Waals surface area contributed by atoms with Crippen LogP contribution in [0.2, 0.25) is 5.02 Å². The molecule has 0 aliphatic rings. The van der Waals surface area contributed by atoms with E-state index in [1.807, 2.05) is 18.2 Å². The van der Waals surface area contributed by atoms with Crippen molar-refractivity contribution >= 4 is 39.1 Å². The van der Waals surface area contributed by atoms with E-state index in [4.69, 9.17) is 22.5 Å². The van der Waals surface area contributed by atoms with Gasteiger partial charge in [-0.05, 0) is 47.0 Å². The molecule has 0 aliphatic heterocycles. The van der Waals surface area contributed by atoms with E-state index in [2.05, 4.69) is 26.4 Å². The van der Waals surface area contributed by atoms with Gasteiger partial charge in [-0.15, -0.1) is 0 Å². The summed E-state index contributed by atoms with van der Waals surface area (Å²) in [6.07, 6.45) is 2.44. The van der Waals surface area contributed by atoms with Gasteiger partial charge in [0.2, 0.25) is 0 Å². The molecule has 0 amide bonds. The fraction of sp³-hybridized carbons (Fsp3) is 0.364. The molecular formula is C11H15BrClN3O. The van der Waals surface area contributed by atoms with Crippen LogP contribution in [0, 0.1) is 0 Å². The molecule has 1 rings (SSSR count). The monoisotopic (exact) mass is 319 g/mol. The molecule has 0 aromatic heterocycles. The van der Waals surface area contributed by atoms with Gasteiger partial charge in [-0.1, -0.05) is 16.8 Å². The standard InChI is InChI=1S/C11H15BrClN3O/c12-9-7-8(13)4-5-10(9)15-6-2-1-3-11(14)16-17/h4-5,7,15,17H,1-3,6H2,(H2,14,16). The van der Waals surface area contributed by atoms with Crippen LogP contribution in [0.3, 0.4) is 0 Å². The van der Waals surface area contributed by atoms with Crippen LogP contribution in [0.4, 0.5) is 5.69 Å². The van der Waals surface area contributed by atoms with Gasteiger partial charge in [0.15, 0.2) is 0 Å². The predicted octanol–water partition coefficient (Wildman–Crippen LogP) is 3.43. The van der Waals surface area contributed by atoms with E-state index in [0.29, 0.717) is 11.4 Å². The molecule has 17 heavy (non-hydrogen) atoms. The van der Waals surface area contributed by atoms with Gasteiger partial charge >= 0.3 is 0 Å². The molecular weight excluding hydrogens is 305 g/mol. The summed E-state index contributed by atoms with van der Waals surface area (Å²) in [7, 11) is 0. The van der Waals surface area contributed by atoms with Gasteiger partial charge in [-0.25, -0.2) is 0 Å². The average molecular weight is 321 g/mol. The Labute approximate surface area is 114 Å². The Morgan fingerprint density at radius 2 is 2.24 bits per heavy atom. The lowest BCUT2D eigenvalue weighted by Crippen LogP contribution is -2.11. The number of nitrogens with two attached hydrogens (primary N) is 1. The van der Waals surface area contributed by atoms with E-state index in [0.717, 1.165) is 29.5 Å². The molecule has 1 aromatic carbocycles. The number of unbranched alkanes of at least 4 members (excludes halogenated alkanes) is 1. The molecule has 6 heteroatoms. The van der Waals surface area contributed by atoms with E-state index in [9.17, 15) is 0 Å². The third kappa shape index (κ3) is 5.28. The molecule has 0 heterocycles. The predicted molar refractivity (Wildman–Crippen MR) is 74.9 cm³/mol. The molecule has 0 spiro atoms. The van der Waals surface area contributed by atoms with Gasteiger partial charge < -0.3 is 16.3 Å². The second kappa shape index (κ2) is 7.40. The molecule has 0 aliphatic carbocycles. The van der Waals surface area contributed by atoms with Gasteiger partial charge in [-0.3, -0.25) is 0 Å². The zero-order valence-corrected chi connectivity index (χ0v) is 11.6. The van der Waals surface area contributed by atoms with E-state index < -0.39 is 0 Å². The minimum Gasteiger partial charge on any atom is -0.409 e. The van der Waals surface area contributed by atoms with Crippen LogP contribution in [0.25, 0.3) is 0 Å². The number of rotatable bonds is 6. The summed E-state index contributed by atoms with van der Waals surface area (Å²) in [6, 6.07) is 5.61. The molecule has 0 bridgehead atoms. The molecule has 94 valence electrons. The first-order valence-corrected chi connectivity index (χ1v) is 6.46. The second-order valence-electron chi connectivity index (χ2n) is 3.60. The molecule has 0 unspecified atom stereocenters. The molecule has 0 atom stereocenters. The third-order valence-electron chi connectivity index (χ3n) is 2.23. The van der Waals surface area contributed by atoms with Crippen molar-refractivity contribution in [3.8, 4) is 0 Å². The summed E-state index contributed by atoms with van der Waals surface area (Å²) in [6.45, 7) is 0.832. The minimum atomic E-state index is 0.276. The van der Waals surface area contributed by atoms with Crippen molar-refractivity contribution in [2.75, 3.05) is 11.9 Å². The Morgan fingerprint density at radius 1 is 1.47 bits per heavy atom. The number of nitrogens with zero attached hydrogens (tertiary/aromatic N) is 1. The van der Waals surface area contributed by atoms with Gasteiger partial charge in [0.05, 0.1) is 0 Å². The highest BCUT2D eigenvalue weighted by atomic mass is 79.9. The van der Waals surface area contributed by atoms with Crippen molar-refractivity contribution in [1.82, 2.24) is 0 Å². The maximum Gasteiger partial charge on any atom is 0.139 e. The zero-order valence-electron chi connectivity index (χ0n) is 9.29. The first-order chi connectivity index (χ1) is 8.13. The van der Waals surface area contributed by atoms with Crippen LogP contribution >= 0.6 is 27.5 Å². The number of hydrogen-bond donors (Lipinski definition) is 3. The lowest BCUT2D eigenvalue weighted by Gasteiger charge is -2.08. The Bertz CT molecular complexity index is 398. The Morgan fingerprint density at radius 3 is 2.88 bits per heavy atom. The lowest BCUT2D eigenvalue weighted by molar-refractivity contribution is 0.316. The van der Waals surface area contributed by atoms with Crippen molar-refractivity contribution in [3.63, 3.8) is 0 Å². The maximum absolute atomic E-state index is 8.36. The Balaban J connectivity index is 2.27.